The minimum atomic E-state index is 0.342. The highest BCUT2D eigenvalue weighted by Crippen LogP contribution is 2.29. The number of hydrogen-bond acceptors (Lipinski definition) is 1. The van der Waals surface area contributed by atoms with Crippen LogP contribution in [0, 0.1) is 0 Å². The van der Waals surface area contributed by atoms with E-state index in [0.29, 0.717) is 12.6 Å². The van der Waals surface area contributed by atoms with Crippen LogP contribution >= 0.6 is 0 Å². The van der Waals surface area contributed by atoms with Gasteiger partial charge in [0, 0.05) is 18.3 Å². The van der Waals surface area contributed by atoms with Crippen LogP contribution in [-0.2, 0) is 6.54 Å². The molecule has 102 valence electrons. The number of nitrogens with two attached hydrogens (primary N) is 1. The Morgan fingerprint density at radius 1 is 1.00 bits per heavy atom. The number of rotatable bonds is 4. The van der Waals surface area contributed by atoms with Gasteiger partial charge in [0.15, 0.2) is 0 Å². The maximum atomic E-state index is 5.90. The molecule has 0 radical (unpaired) electrons. The summed E-state index contributed by atoms with van der Waals surface area (Å²) in [6.45, 7) is 2.82. The molecule has 0 saturated heterocycles. The fourth-order valence-corrected chi connectivity index (χ4v) is 2.99. The third-order valence-corrected chi connectivity index (χ3v) is 3.99. The molecule has 0 bridgehead atoms. The van der Waals surface area contributed by atoms with Crippen molar-refractivity contribution < 1.29 is 0 Å². The number of benzene rings is 2. The lowest BCUT2D eigenvalue weighted by Gasteiger charge is -2.21. The zero-order valence-corrected chi connectivity index (χ0v) is 11.8. The molecule has 1 heterocycles. The van der Waals surface area contributed by atoms with Gasteiger partial charge < -0.3 is 10.3 Å². The summed E-state index contributed by atoms with van der Waals surface area (Å²) in [5.41, 5.74) is 9.75. The molecule has 0 aliphatic carbocycles. The highest BCUT2D eigenvalue weighted by Gasteiger charge is 2.15. The van der Waals surface area contributed by atoms with Crippen molar-refractivity contribution in [2.24, 2.45) is 5.73 Å². The first-order chi connectivity index (χ1) is 9.85. The van der Waals surface area contributed by atoms with Crippen molar-refractivity contribution in [3.8, 4) is 0 Å². The van der Waals surface area contributed by atoms with Gasteiger partial charge in [0.1, 0.15) is 0 Å². The summed E-state index contributed by atoms with van der Waals surface area (Å²) in [5.74, 6) is 0. The molecule has 0 aliphatic rings. The zero-order chi connectivity index (χ0) is 13.9. The molecule has 0 aliphatic heterocycles. The molecule has 2 aromatic carbocycles. The SMILES string of the molecule is CCC(c1ccccc1CN)n1ccc2ccccc21. The minimum absolute atomic E-state index is 0.342. The molecular formula is C18H20N2. The van der Waals surface area contributed by atoms with Crippen molar-refractivity contribution in [1.29, 1.82) is 0 Å². The summed E-state index contributed by atoms with van der Waals surface area (Å²) in [6.07, 6.45) is 3.24. The number of hydrogen-bond donors (Lipinski definition) is 1. The lowest BCUT2D eigenvalue weighted by molar-refractivity contribution is 0.580. The second kappa shape index (κ2) is 5.51. The second-order valence-corrected chi connectivity index (χ2v) is 5.11. The van der Waals surface area contributed by atoms with Crippen LogP contribution in [0.4, 0.5) is 0 Å². The monoisotopic (exact) mass is 264 g/mol. The van der Waals surface area contributed by atoms with Crippen molar-refractivity contribution >= 4 is 10.9 Å². The van der Waals surface area contributed by atoms with Gasteiger partial charge in [0.2, 0.25) is 0 Å². The van der Waals surface area contributed by atoms with Gasteiger partial charge in [0.05, 0.1) is 6.04 Å². The van der Waals surface area contributed by atoms with E-state index in [1.165, 1.54) is 22.0 Å². The number of aromatic nitrogens is 1. The second-order valence-electron chi connectivity index (χ2n) is 5.11. The number of nitrogens with zero attached hydrogens (tertiary/aromatic N) is 1. The maximum Gasteiger partial charge on any atom is 0.0586 e. The van der Waals surface area contributed by atoms with Gasteiger partial charge in [-0.25, -0.2) is 0 Å². The van der Waals surface area contributed by atoms with E-state index < -0.39 is 0 Å². The molecule has 20 heavy (non-hydrogen) atoms. The Balaban J connectivity index is 2.14. The van der Waals surface area contributed by atoms with Crippen LogP contribution in [0.1, 0.15) is 30.5 Å². The Kier molecular flexibility index (Phi) is 3.57. The molecule has 0 spiro atoms. The summed E-state index contributed by atoms with van der Waals surface area (Å²) < 4.78 is 2.36. The molecule has 3 aromatic rings. The highest BCUT2D eigenvalue weighted by molar-refractivity contribution is 5.80. The topological polar surface area (TPSA) is 30.9 Å². The minimum Gasteiger partial charge on any atom is -0.340 e. The van der Waals surface area contributed by atoms with Crippen LogP contribution < -0.4 is 5.73 Å². The largest absolute Gasteiger partial charge is 0.340 e. The molecule has 0 saturated carbocycles. The third kappa shape index (κ3) is 2.12. The summed E-state index contributed by atoms with van der Waals surface area (Å²) in [6, 6.07) is 19.5. The Morgan fingerprint density at radius 2 is 1.75 bits per heavy atom. The predicted octanol–water partition coefficient (Wildman–Crippen LogP) is 4.10. The molecule has 0 amide bonds. The zero-order valence-electron chi connectivity index (χ0n) is 11.8. The quantitative estimate of drug-likeness (QED) is 0.755. The van der Waals surface area contributed by atoms with Crippen LogP contribution in [0.25, 0.3) is 10.9 Å². The molecule has 2 heteroatoms. The fraction of sp³-hybridized carbons (Fsp3) is 0.222. The summed E-state index contributed by atoms with van der Waals surface area (Å²) >= 11 is 0. The molecule has 0 fully saturated rings. The van der Waals surface area contributed by atoms with E-state index in [4.69, 9.17) is 5.73 Å². The van der Waals surface area contributed by atoms with E-state index in [1.54, 1.807) is 0 Å². The molecule has 1 unspecified atom stereocenters. The van der Waals surface area contributed by atoms with E-state index in [2.05, 4.69) is 72.3 Å². The summed E-state index contributed by atoms with van der Waals surface area (Å²) in [7, 11) is 0. The summed E-state index contributed by atoms with van der Waals surface area (Å²) in [4.78, 5) is 0. The standard InChI is InChI=1S/C18H20N2/c1-2-17(16-9-5-3-8-15(16)13-19)20-12-11-14-7-4-6-10-18(14)20/h3-12,17H,2,13,19H2,1H3. The molecule has 1 aromatic heterocycles. The molecule has 3 rings (SSSR count). The highest BCUT2D eigenvalue weighted by atomic mass is 15.0. The first-order valence-electron chi connectivity index (χ1n) is 7.18. The summed E-state index contributed by atoms with van der Waals surface area (Å²) in [5, 5.41) is 1.29. The van der Waals surface area contributed by atoms with Crippen molar-refractivity contribution in [2.45, 2.75) is 25.9 Å². The lowest BCUT2D eigenvalue weighted by atomic mass is 9.98. The lowest BCUT2D eigenvalue weighted by Crippen LogP contribution is -2.12. The average Bonchev–Trinajstić information content (AvgIpc) is 2.93. The normalized spacial score (nSPS) is 12.7. The van der Waals surface area contributed by atoms with Crippen LogP contribution in [0.5, 0.6) is 0 Å². The third-order valence-electron chi connectivity index (χ3n) is 3.99. The molecular weight excluding hydrogens is 244 g/mol. The molecule has 2 N–H and O–H groups in total. The smallest absolute Gasteiger partial charge is 0.0586 e. The predicted molar refractivity (Wildman–Crippen MR) is 84.7 cm³/mol. The Hall–Kier alpha value is -2.06. The van der Waals surface area contributed by atoms with E-state index in [1.807, 2.05) is 0 Å². The molecule has 2 nitrogen and oxygen atoms in total. The van der Waals surface area contributed by atoms with Gasteiger partial charge in [-0.2, -0.15) is 0 Å². The average molecular weight is 264 g/mol. The maximum absolute atomic E-state index is 5.90. The van der Waals surface area contributed by atoms with Gasteiger partial charge in [-0.15, -0.1) is 0 Å². The fourth-order valence-electron chi connectivity index (χ4n) is 2.99. The Bertz CT molecular complexity index is 712. The van der Waals surface area contributed by atoms with Crippen molar-refractivity contribution in [3.05, 3.63) is 71.9 Å². The van der Waals surface area contributed by atoms with E-state index in [-0.39, 0.29) is 0 Å². The van der Waals surface area contributed by atoms with Crippen molar-refractivity contribution in [3.63, 3.8) is 0 Å². The van der Waals surface area contributed by atoms with Crippen LogP contribution in [0.2, 0.25) is 0 Å². The van der Waals surface area contributed by atoms with E-state index >= 15 is 0 Å². The molecule has 1 atom stereocenters. The Morgan fingerprint density at radius 3 is 2.55 bits per heavy atom. The van der Waals surface area contributed by atoms with Crippen LogP contribution in [-0.4, -0.2) is 4.57 Å². The van der Waals surface area contributed by atoms with Crippen molar-refractivity contribution in [2.75, 3.05) is 0 Å². The number of para-hydroxylation sites is 1. The van der Waals surface area contributed by atoms with Crippen molar-refractivity contribution in [1.82, 2.24) is 4.57 Å². The van der Waals surface area contributed by atoms with Gasteiger partial charge in [-0.05, 0) is 35.1 Å². The van der Waals surface area contributed by atoms with E-state index in [0.717, 1.165) is 6.42 Å². The van der Waals surface area contributed by atoms with E-state index in [9.17, 15) is 0 Å². The first-order valence-corrected chi connectivity index (χ1v) is 7.18. The van der Waals surface area contributed by atoms with Gasteiger partial charge in [-0.3, -0.25) is 0 Å². The van der Waals surface area contributed by atoms with Gasteiger partial charge in [-0.1, -0.05) is 49.4 Å². The van der Waals surface area contributed by atoms with Crippen LogP contribution in [0.15, 0.2) is 60.8 Å². The Labute approximate surface area is 119 Å². The first kappa shape index (κ1) is 12.9. The van der Waals surface area contributed by atoms with Gasteiger partial charge in [0.25, 0.3) is 0 Å². The number of fused-ring (bicyclic) bond motifs is 1. The van der Waals surface area contributed by atoms with Crippen LogP contribution in [0.3, 0.4) is 0 Å². The van der Waals surface area contributed by atoms with Gasteiger partial charge >= 0.3 is 0 Å².